The van der Waals surface area contributed by atoms with E-state index in [1.165, 1.54) is 38.5 Å². The highest BCUT2D eigenvalue weighted by atomic mass is 32.1. The molecule has 0 saturated heterocycles. The van der Waals surface area contributed by atoms with Crippen molar-refractivity contribution >= 4 is 12.6 Å². The van der Waals surface area contributed by atoms with Gasteiger partial charge < -0.3 is 5.73 Å². The summed E-state index contributed by atoms with van der Waals surface area (Å²) in [4.78, 5) is 0. The second-order valence-electron chi connectivity index (χ2n) is 8.51. The van der Waals surface area contributed by atoms with Crippen molar-refractivity contribution in [2.24, 2.45) is 52.1 Å². The maximum absolute atomic E-state index is 6.51. The van der Waals surface area contributed by atoms with Gasteiger partial charge in [-0.05, 0) is 84.9 Å². The third kappa shape index (κ3) is 0.692. The van der Waals surface area contributed by atoms with Crippen LogP contribution in [0.5, 0.6) is 0 Å². The number of rotatable bonds is 0. The molecule has 6 rings (SSSR count). The Kier molecular flexibility index (Phi) is 1.44. The van der Waals surface area contributed by atoms with Gasteiger partial charge in [-0.2, -0.15) is 12.6 Å². The Bertz CT molecular complexity index is 464. The van der Waals surface area contributed by atoms with E-state index in [1.807, 2.05) is 0 Å². The summed E-state index contributed by atoms with van der Waals surface area (Å²) in [5.41, 5.74) is 8.04. The van der Waals surface area contributed by atoms with E-state index in [-0.39, 0.29) is 0 Å². The van der Waals surface area contributed by atoms with Gasteiger partial charge in [-0.15, -0.1) is 0 Å². The molecule has 0 aromatic rings. The second-order valence-corrected chi connectivity index (χ2v) is 9.11. The molecule has 6 aliphatic rings. The van der Waals surface area contributed by atoms with E-state index in [0.29, 0.717) is 6.04 Å². The SMILES string of the molecule is NC1CCC23CC2C(S)C2CCC4CC5C1C3C425. The predicted octanol–water partition coefficient (Wildman–Crippen LogP) is 2.70. The van der Waals surface area contributed by atoms with Gasteiger partial charge in [0.15, 0.2) is 0 Å². The van der Waals surface area contributed by atoms with Crippen molar-refractivity contribution in [3.05, 3.63) is 0 Å². The van der Waals surface area contributed by atoms with Gasteiger partial charge in [-0.25, -0.2) is 0 Å². The normalized spacial score (nSPS) is 77.7. The fourth-order valence-electron chi connectivity index (χ4n) is 8.50. The summed E-state index contributed by atoms with van der Waals surface area (Å²) < 4.78 is 0. The van der Waals surface area contributed by atoms with E-state index in [1.54, 1.807) is 0 Å². The first-order chi connectivity index (χ1) is 8.71. The molecule has 2 N–H and O–H groups in total. The van der Waals surface area contributed by atoms with Gasteiger partial charge in [0, 0.05) is 11.3 Å². The minimum atomic E-state index is 0.552. The minimum Gasteiger partial charge on any atom is -0.327 e. The fraction of sp³-hybridized carbons (Fsp3) is 1.00. The van der Waals surface area contributed by atoms with Crippen molar-refractivity contribution < 1.29 is 0 Å². The molecule has 10 atom stereocenters. The predicted molar refractivity (Wildman–Crippen MR) is 74.3 cm³/mol. The zero-order chi connectivity index (χ0) is 11.9. The first-order valence-corrected chi connectivity index (χ1v) is 8.66. The van der Waals surface area contributed by atoms with Gasteiger partial charge in [-0.1, -0.05) is 0 Å². The molecular formula is C16H23NS. The lowest BCUT2D eigenvalue weighted by Crippen LogP contribution is -2.78. The van der Waals surface area contributed by atoms with Crippen molar-refractivity contribution in [2.45, 2.75) is 49.8 Å². The quantitative estimate of drug-likeness (QED) is 0.644. The van der Waals surface area contributed by atoms with E-state index < -0.39 is 0 Å². The van der Waals surface area contributed by atoms with Crippen molar-refractivity contribution in [1.82, 2.24) is 0 Å². The maximum atomic E-state index is 6.51. The highest BCUT2D eigenvalue weighted by molar-refractivity contribution is 7.81. The molecule has 0 radical (unpaired) electrons. The van der Waals surface area contributed by atoms with Crippen molar-refractivity contribution in [1.29, 1.82) is 0 Å². The zero-order valence-corrected chi connectivity index (χ0v) is 11.8. The van der Waals surface area contributed by atoms with E-state index in [2.05, 4.69) is 0 Å². The number of fused-ring (bicyclic) bond motifs is 1. The molecule has 0 bridgehead atoms. The lowest BCUT2D eigenvalue weighted by molar-refractivity contribution is -0.309. The Morgan fingerprint density at radius 1 is 1.06 bits per heavy atom. The van der Waals surface area contributed by atoms with Crippen molar-refractivity contribution in [2.75, 3.05) is 0 Å². The van der Waals surface area contributed by atoms with Crippen LogP contribution in [0.3, 0.4) is 0 Å². The summed E-state index contributed by atoms with van der Waals surface area (Å²) in [5, 5.41) is 0.754. The molecular weight excluding hydrogens is 238 g/mol. The highest BCUT2D eigenvalue weighted by Gasteiger charge is 2.87. The summed E-state index contributed by atoms with van der Waals surface area (Å²) in [6, 6.07) is 0.552. The lowest BCUT2D eigenvalue weighted by Gasteiger charge is -2.79. The van der Waals surface area contributed by atoms with Gasteiger partial charge in [0.2, 0.25) is 0 Å². The fourth-order valence-corrected chi connectivity index (χ4v) is 9.31. The maximum Gasteiger partial charge on any atom is 0.00845 e. The van der Waals surface area contributed by atoms with Crippen LogP contribution in [-0.2, 0) is 0 Å². The number of nitrogens with two attached hydrogens (primary N) is 1. The molecule has 6 saturated carbocycles. The van der Waals surface area contributed by atoms with Crippen LogP contribution in [0.4, 0.5) is 0 Å². The third-order valence-electron chi connectivity index (χ3n) is 8.80. The van der Waals surface area contributed by atoms with Crippen LogP contribution >= 0.6 is 12.6 Å². The monoisotopic (exact) mass is 261 g/mol. The van der Waals surface area contributed by atoms with Crippen LogP contribution < -0.4 is 5.73 Å². The minimum absolute atomic E-state index is 0.552. The largest absolute Gasteiger partial charge is 0.327 e. The van der Waals surface area contributed by atoms with Gasteiger partial charge in [-0.3, -0.25) is 0 Å². The Labute approximate surface area is 115 Å². The third-order valence-corrected chi connectivity index (χ3v) is 9.52. The summed E-state index contributed by atoms with van der Waals surface area (Å²) in [6.45, 7) is 0. The zero-order valence-electron chi connectivity index (χ0n) is 10.9. The Morgan fingerprint density at radius 3 is 2.83 bits per heavy atom. The molecule has 1 nitrogen and oxygen atoms in total. The van der Waals surface area contributed by atoms with Gasteiger partial charge in [0.25, 0.3) is 0 Å². The van der Waals surface area contributed by atoms with E-state index in [9.17, 15) is 0 Å². The van der Waals surface area contributed by atoms with Crippen LogP contribution in [0.15, 0.2) is 0 Å². The average Bonchev–Trinajstić information content (AvgIpc) is 2.96. The van der Waals surface area contributed by atoms with E-state index in [4.69, 9.17) is 18.4 Å². The lowest BCUT2D eigenvalue weighted by atomic mass is 9.25. The molecule has 10 unspecified atom stereocenters. The topological polar surface area (TPSA) is 26.0 Å². The molecule has 0 heterocycles. The first-order valence-electron chi connectivity index (χ1n) is 8.15. The molecule has 0 aromatic heterocycles. The Balaban J connectivity index is 1.56. The summed E-state index contributed by atoms with van der Waals surface area (Å²) in [7, 11) is 0. The first kappa shape index (κ1) is 10.1. The molecule has 18 heavy (non-hydrogen) atoms. The second kappa shape index (κ2) is 2.57. The van der Waals surface area contributed by atoms with E-state index in [0.717, 1.165) is 51.6 Å². The highest BCUT2D eigenvalue weighted by Crippen LogP contribution is 2.91. The standard InChI is InChI=1S/C16H23NS/c17-11-3-4-15-6-10(15)13(18)8-2-1-7-5-9-12(11)14(15)16(7,8)9/h7-14,18H,1-6,17H2. The molecule has 6 fully saturated rings. The van der Waals surface area contributed by atoms with Crippen molar-refractivity contribution in [3.63, 3.8) is 0 Å². The number of hydrogen-bond donors (Lipinski definition) is 2. The van der Waals surface area contributed by atoms with Crippen molar-refractivity contribution in [3.8, 4) is 0 Å². The number of hydrogen-bond acceptors (Lipinski definition) is 2. The molecule has 2 heteroatoms. The van der Waals surface area contributed by atoms with Crippen LogP contribution in [-0.4, -0.2) is 11.3 Å². The molecule has 0 aromatic carbocycles. The average molecular weight is 261 g/mol. The Morgan fingerprint density at radius 2 is 1.94 bits per heavy atom. The Hall–Kier alpha value is 0.310. The smallest absolute Gasteiger partial charge is 0.00845 e. The van der Waals surface area contributed by atoms with Gasteiger partial charge in [0.1, 0.15) is 0 Å². The molecule has 0 amide bonds. The number of thiol groups is 1. The summed E-state index contributed by atoms with van der Waals surface area (Å²) in [6.07, 6.45) is 8.85. The van der Waals surface area contributed by atoms with E-state index >= 15 is 0 Å². The van der Waals surface area contributed by atoms with Gasteiger partial charge in [0.05, 0.1) is 0 Å². The molecule has 2 spiro atoms. The molecule has 0 aliphatic heterocycles. The summed E-state index contributed by atoms with van der Waals surface area (Å²) in [5.74, 6) is 6.07. The van der Waals surface area contributed by atoms with Gasteiger partial charge >= 0.3 is 0 Å². The molecule has 6 aliphatic carbocycles. The molecule has 98 valence electrons. The van der Waals surface area contributed by atoms with Crippen LogP contribution in [0.25, 0.3) is 0 Å². The van der Waals surface area contributed by atoms with Crippen LogP contribution in [0.1, 0.15) is 38.5 Å². The van der Waals surface area contributed by atoms with Crippen LogP contribution in [0, 0.1) is 46.3 Å². The van der Waals surface area contributed by atoms with Crippen LogP contribution in [0.2, 0.25) is 0 Å². The summed E-state index contributed by atoms with van der Waals surface area (Å²) >= 11 is 5.11.